The summed E-state index contributed by atoms with van der Waals surface area (Å²) in [4.78, 5) is 0. The smallest absolute Gasteiger partial charge is 1.00 e. The molecule has 0 N–H and O–H groups in total. The molecule has 0 fully saturated rings. The van der Waals surface area contributed by atoms with E-state index in [9.17, 15) is 0 Å². The number of hydrogen-bond acceptors (Lipinski definition) is 0. The summed E-state index contributed by atoms with van der Waals surface area (Å²) < 4.78 is 1.12. The second-order valence-corrected chi connectivity index (χ2v) is 6.20. The minimum atomic E-state index is 0. The van der Waals surface area contributed by atoms with Gasteiger partial charge in [0.2, 0.25) is 0 Å². The van der Waals surface area contributed by atoms with E-state index in [-0.39, 0.29) is 54.4 Å². The van der Waals surface area contributed by atoms with Crippen LogP contribution in [0.5, 0.6) is 0 Å². The number of hydrogen-bond donors (Lipinski definition) is 0. The van der Waals surface area contributed by atoms with Gasteiger partial charge in [-0.1, -0.05) is 58.3 Å². The zero-order valence-electron chi connectivity index (χ0n) is 14.0. The largest absolute Gasteiger partial charge is 1.00 e. The molecule has 0 aromatic heterocycles. The molecule has 0 aliphatic carbocycles. The molecule has 4 heteroatoms. The van der Waals surface area contributed by atoms with Gasteiger partial charge in [0, 0.05) is 0 Å². The number of halogens is 2. The Balaban J connectivity index is -0.000000375. The normalized spacial score (nSPS) is 10.1. The van der Waals surface area contributed by atoms with Gasteiger partial charge in [-0.05, 0) is 12.8 Å². The molecule has 0 spiro atoms. The van der Waals surface area contributed by atoms with E-state index in [1.165, 1.54) is 70.8 Å². The van der Waals surface area contributed by atoms with Crippen molar-refractivity contribution in [3.05, 3.63) is 0 Å². The summed E-state index contributed by atoms with van der Waals surface area (Å²) in [7, 11) is 6.86. The van der Waals surface area contributed by atoms with E-state index < -0.39 is 0 Å². The maximum Gasteiger partial charge on any atom is 1.00 e. The molecule has 0 saturated carbocycles. The Morgan fingerprint density at radius 3 is 1.21 bits per heavy atom. The monoisotopic (exact) mass is 321 g/mol. The Morgan fingerprint density at radius 1 is 0.579 bits per heavy atom. The van der Waals surface area contributed by atoms with E-state index >= 15 is 0 Å². The van der Waals surface area contributed by atoms with Gasteiger partial charge in [-0.3, -0.25) is 0 Å². The first-order chi connectivity index (χ1) is 7.56. The van der Waals surface area contributed by atoms with Crippen molar-refractivity contribution in [3.63, 3.8) is 0 Å². The predicted octanol–water partition coefficient (Wildman–Crippen LogP) is -4.37. The van der Waals surface area contributed by atoms with E-state index in [0.717, 1.165) is 4.48 Å². The molecule has 1 nitrogen and oxygen atoms in total. The van der Waals surface area contributed by atoms with Crippen molar-refractivity contribution in [3.8, 4) is 0 Å². The van der Waals surface area contributed by atoms with Crippen molar-refractivity contribution in [2.24, 2.45) is 0 Å². The molecule has 0 saturated heterocycles. The van der Waals surface area contributed by atoms with E-state index in [1.54, 1.807) is 0 Å². The van der Waals surface area contributed by atoms with E-state index in [4.69, 9.17) is 0 Å². The maximum absolute atomic E-state index is 2.29. The van der Waals surface area contributed by atoms with Crippen molar-refractivity contribution < 1.29 is 58.9 Å². The summed E-state index contributed by atoms with van der Waals surface area (Å²) in [5.41, 5.74) is 0. The second kappa shape index (κ2) is 19.5. The van der Waals surface area contributed by atoms with Gasteiger partial charge in [0.25, 0.3) is 0 Å². The Bertz CT molecular complexity index is 150. The van der Waals surface area contributed by atoms with Crippen molar-refractivity contribution in [2.75, 3.05) is 27.7 Å². The van der Waals surface area contributed by atoms with Gasteiger partial charge in [-0.25, -0.2) is 0 Å². The molecule has 0 radical (unpaired) electrons. The fraction of sp³-hybridized carbons (Fsp3) is 1.00. The molecule has 0 amide bonds. The Hall–Kier alpha value is 1.54. The molecule has 0 rings (SSSR count). The summed E-state index contributed by atoms with van der Waals surface area (Å²) in [6, 6.07) is 0. The molecule has 114 valence electrons. The third kappa shape index (κ3) is 28.4. The zero-order chi connectivity index (χ0) is 12.3. The van der Waals surface area contributed by atoms with E-state index in [1.807, 2.05) is 0 Å². The van der Waals surface area contributed by atoms with Crippen molar-refractivity contribution in [1.82, 2.24) is 0 Å². The Labute approximate surface area is 157 Å². The first-order valence-corrected chi connectivity index (χ1v) is 7.36. The van der Waals surface area contributed by atoms with E-state index in [2.05, 4.69) is 28.1 Å². The molecule has 0 atom stereocenters. The van der Waals surface area contributed by atoms with Crippen LogP contribution in [0.25, 0.3) is 0 Å². The van der Waals surface area contributed by atoms with E-state index in [0.29, 0.717) is 0 Å². The topological polar surface area (TPSA) is 0 Å². The quantitative estimate of drug-likeness (QED) is 0.205. The van der Waals surface area contributed by atoms with Crippen LogP contribution in [0, 0.1) is 0 Å². The third-order valence-corrected chi connectivity index (χ3v) is 3.18. The standard InChI is InChI=1S/C15H34N.2ClH.Na/c1-5-6-7-8-9-10-11-12-13-14-15-16(2,3)4;;;/h5-15H2,1-4H3;2*1H;/q+1;;;+1/p-2. The number of nitrogens with zero attached hydrogens (tertiary/aromatic N) is 1. The van der Waals surface area contributed by atoms with Crippen LogP contribution in [0.1, 0.15) is 71.1 Å². The molecule has 0 heterocycles. The van der Waals surface area contributed by atoms with Crippen LogP contribution in [-0.4, -0.2) is 32.2 Å². The van der Waals surface area contributed by atoms with Crippen molar-refractivity contribution >= 4 is 0 Å². The molecular formula is C15H34Cl2NNa. The SMILES string of the molecule is CCCCCCCCCCCC[N+](C)(C)C.[Cl-].[Cl-].[Na+]. The molecule has 0 bridgehead atoms. The van der Waals surface area contributed by atoms with Gasteiger partial charge < -0.3 is 29.3 Å². The van der Waals surface area contributed by atoms with Crippen LogP contribution < -0.4 is 54.4 Å². The van der Waals surface area contributed by atoms with Crippen LogP contribution in [-0.2, 0) is 0 Å². The van der Waals surface area contributed by atoms with Crippen molar-refractivity contribution in [2.45, 2.75) is 71.1 Å². The van der Waals surface area contributed by atoms with Gasteiger partial charge in [0.05, 0.1) is 27.7 Å². The molecule has 0 aromatic carbocycles. The fourth-order valence-electron chi connectivity index (χ4n) is 2.07. The minimum Gasteiger partial charge on any atom is -1.00 e. The summed E-state index contributed by atoms with van der Waals surface area (Å²) in [5, 5.41) is 0. The van der Waals surface area contributed by atoms with Crippen LogP contribution in [0.2, 0.25) is 0 Å². The van der Waals surface area contributed by atoms with Crippen LogP contribution in [0.15, 0.2) is 0 Å². The first kappa shape index (κ1) is 28.7. The number of rotatable bonds is 11. The molecule has 0 unspecified atom stereocenters. The predicted molar refractivity (Wildman–Crippen MR) is 74.7 cm³/mol. The number of unbranched alkanes of at least 4 members (excludes halogenated alkanes) is 9. The van der Waals surface area contributed by atoms with Gasteiger partial charge in [-0.15, -0.1) is 0 Å². The average Bonchev–Trinajstić information content (AvgIpc) is 2.19. The summed E-state index contributed by atoms with van der Waals surface area (Å²) in [6.07, 6.45) is 14.4. The van der Waals surface area contributed by atoms with Gasteiger partial charge in [-0.2, -0.15) is 0 Å². The molecule has 0 aromatic rings. The molecular weight excluding hydrogens is 288 g/mol. The van der Waals surface area contributed by atoms with Crippen LogP contribution >= 0.6 is 0 Å². The Morgan fingerprint density at radius 2 is 0.895 bits per heavy atom. The fourth-order valence-corrected chi connectivity index (χ4v) is 2.07. The van der Waals surface area contributed by atoms with Crippen LogP contribution in [0.4, 0.5) is 0 Å². The number of quaternary nitrogens is 1. The maximum atomic E-state index is 2.29. The average molecular weight is 322 g/mol. The zero-order valence-corrected chi connectivity index (χ0v) is 17.5. The second-order valence-electron chi connectivity index (χ2n) is 6.20. The van der Waals surface area contributed by atoms with Crippen LogP contribution in [0.3, 0.4) is 0 Å². The molecule has 0 aliphatic rings. The summed E-state index contributed by atoms with van der Waals surface area (Å²) >= 11 is 0. The summed E-state index contributed by atoms with van der Waals surface area (Å²) in [5.74, 6) is 0. The third-order valence-electron chi connectivity index (χ3n) is 3.18. The minimum absolute atomic E-state index is 0. The molecule has 19 heavy (non-hydrogen) atoms. The van der Waals surface area contributed by atoms with Gasteiger partial charge >= 0.3 is 29.6 Å². The van der Waals surface area contributed by atoms with Crippen molar-refractivity contribution in [1.29, 1.82) is 0 Å². The first-order valence-electron chi connectivity index (χ1n) is 7.36. The van der Waals surface area contributed by atoms with Gasteiger partial charge in [0.15, 0.2) is 0 Å². The molecule has 0 aliphatic heterocycles. The Kier molecular flexibility index (Phi) is 29.5. The van der Waals surface area contributed by atoms with Gasteiger partial charge in [0.1, 0.15) is 0 Å². The summed E-state index contributed by atoms with van der Waals surface area (Å²) in [6.45, 7) is 3.62.